The number of benzene rings is 3. The molecular formula is C20H14N2O2. The van der Waals surface area contributed by atoms with Gasteiger partial charge in [-0.1, -0.05) is 42.5 Å². The molecule has 0 bridgehead atoms. The molecule has 0 spiro atoms. The summed E-state index contributed by atoms with van der Waals surface area (Å²) in [5.41, 5.74) is 1.29. The Morgan fingerprint density at radius 2 is 1.71 bits per heavy atom. The Bertz CT molecular complexity index is 967. The number of amides is 1. The number of fused-ring (bicyclic) bond motifs is 1. The molecule has 4 nitrogen and oxygen atoms in total. The summed E-state index contributed by atoms with van der Waals surface area (Å²) in [7, 11) is 0. The van der Waals surface area contributed by atoms with Gasteiger partial charge < -0.3 is 10.4 Å². The van der Waals surface area contributed by atoms with E-state index in [0.29, 0.717) is 11.3 Å². The highest BCUT2D eigenvalue weighted by Gasteiger charge is 2.10. The van der Waals surface area contributed by atoms with Gasteiger partial charge in [0.05, 0.1) is 0 Å². The SMILES string of the molecule is N#C/C(=C\c1ccc(O)cc1)C(=O)Nc1ccc2ccccc2c1. The van der Waals surface area contributed by atoms with Crippen molar-refractivity contribution in [1.82, 2.24) is 0 Å². The van der Waals surface area contributed by atoms with Crippen molar-refractivity contribution in [1.29, 1.82) is 5.26 Å². The molecule has 0 radical (unpaired) electrons. The van der Waals surface area contributed by atoms with Gasteiger partial charge in [-0.3, -0.25) is 4.79 Å². The molecule has 3 aromatic rings. The van der Waals surface area contributed by atoms with Crippen LogP contribution in [0.5, 0.6) is 5.75 Å². The van der Waals surface area contributed by atoms with E-state index in [9.17, 15) is 15.2 Å². The van der Waals surface area contributed by atoms with Crippen molar-refractivity contribution in [2.75, 3.05) is 5.32 Å². The maximum atomic E-state index is 12.3. The van der Waals surface area contributed by atoms with Crippen LogP contribution in [0.25, 0.3) is 16.8 Å². The summed E-state index contributed by atoms with van der Waals surface area (Å²) in [5.74, 6) is -0.341. The van der Waals surface area contributed by atoms with E-state index in [1.807, 2.05) is 42.5 Å². The number of phenols is 1. The van der Waals surface area contributed by atoms with Crippen LogP contribution < -0.4 is 5.32 Å². The molecule has 0 aliphatic rings. The predicted octanol–water partition coefficient (Wildman–Crippen LogP) is 4.09. The molecular weight excluding hydrogens is 300 g/mol. The summed E-state index contributed by atoms with van der Waals surface area (Å²) in [5, 5.41) is 23.3. The maximum Gasteiger partial charge on any atom is 0.266 e. The van der Waals surface area contributed by atoms with Gasteiger partial charge in [-0.15, -0.1) is 0 Å². The predicted molar refractivity (Wildman–Crippen MR) is 94.3 cm³/mol. The third-order valence-electron chi connectivity index (χ3n) is 3.58. The molecule has 1 amide bonds. The number of rotatable bonds is 3. The van der Waals surface area contributed by atoms with Crippen LogP contribution in [-0.4, -0.2) is 11.0 Å². The fourth-order valence-corrected chi connectivity index (χ4v) is 2.35. The van der Waals surface area contributed by atoms with E-state index in [1.165, 1.54) is 18.2 Å². The van der Waals surface area contributed by atoms with E-state index in [4.69, 9.17) is 0 Å². The average Bonchev–Trinajstić information content (AvgIpc) is 2.61. The van der Waals surface area contributed by atoms with E-state index < -0.39 is 5.91 Å². The topological polar surface area (TPSA) is 73.1 Å². The Morgan fingerprint density at radius 1 is 1.00 bits per heavy atom. The number of phenolic OH excluding ortho intramolecular Hbond substituents is 1. The van der Waals surface area contributed by atoms with E-state index in [2.05, 4.69) is 5.32 Å². The van der Waals surface area contributed by atoms with Crippen LogP contribution in [0.3, 0.4) is 0 Å². The van der Waals surface area contributed by atoms with Gasteiger partial charge in [0.1, 0.15) is 17.4 Å². The van der Waals surface area contributed by atoms with Gasteiger partial charge in [0, 0.05) is 5.69 Å². The Kier molecular flexibility index (Phi) is 4.26. The van der Waals surface area contributed by atoms with Gasteiger partial charge in [-0.2, -0.15) is 5.26 Å². The number of aromatic hydroxyl groups is 1. The maximum absolute atomic E-state index is 12.3. The number of anilines is 1. The van der Waals surface area contributed by atoms with E-state index in [1.54, 1.807) is 18.2 Å². The highest BCUT2D eigenvalue weighted by atomic mass is 16.3. The van der Waals surface area contributed by atoms with Crippen molar-refractivity contribution in [3.05, 3.63) is 77.9 Å². The fraction of sp³-hybridized carbons (Fsp3) is 0. The second kappa shape index (κ2) is 6.67. The van der Waals surface area contributed by atoms with Crippen LogP contribution in [0.2, 0.25) is 0 Å². The molecule has 3 rings (SSSR count). The summed E-state index contributed by atoms with van der Waals surface area (Å²) < 4.78 is 0. The van der Waals surface area contributed by atoms with Crippen molar-refractivity contribution in [3.8, 4) is 11.8 Å². The molecule has 2 N–H and O–H groups in total. The number of nitriles is 1. The minimum atomic E-state index is -0.471. The van der Waals surface area contributed by atoms with E-state index in [0.717, 1.165) is 10.8 Å². The zero-order valence-corrected chi connectivity index (χ0v) is 12.7. The van der Waals surface area contributed by atoms with Gasteiger partial charge in [-0.25, -0.2) is 0 Å². The molecule has 0 fully saturated rings. The van der Waals surface area contributed by atoms with Gasteiger partial charge in [-0.05, 0) is 46.7 Å². The molecule has 116 valence electrons. The molecule has 0 saturated heterocycles. The molecule has 0 saturated carbocycles. The van der Waals surface area contributed by atoms with Crippen LogP contribution in [0, 0.1) is 11.3 Å². The van der Waals surface area contributed by atoms with E-state index in [-0.39, 0.29) is 11.3 Å². The Morgan fingerprint density at radius 3 is 2.42 bits per heavy atom. The van der Waals surface area contributed by atoms with Gasteiger partial charge in [0.25, 0.3) is 5.91 Å². The van der Waals surface area contributed by atoms with Crippen LogP contribution in [0.1, 0.15) is 5.56 Å². The number of carbonyl (C=O) groups is 1. The van der Waals surface area contributed by atoms with Crippen LogP contribution >= 0.6 is 0 Å². The number of nitrogens with one attached hydrogen (secondary N) is 1. The summed E-state index contributed by atoms with van der Waals surface area (Å²) in [4.78, 5) is 12.3. The lowest BCUT2D eigenvalue weighted by atomic mass is 10.1. The quantitative estimate of drug-likeness (QED) is 0.565. The van der Waals surface area contributed by atoms with Gasteiger partial charge in [0.15, 0.2) is 0 Å². The lowest BCUT2D eigenvalue weighted by Gasteiger charge is -2.06. The smallest absolute Gasteiger partial charge is 0.266 e. The summed E-state index contributed by atoms with van der Waals surface area (Å²) in [6.07, 6.45) is 1.48. The average molecular weight is 314 g/mol. The minimum absolute atomic E-state index is 0.00570. The third kappa shape index (κ3) is 3.42. The first-order chi connectivity index (χ1) is 11.7. The number of carbonyl (C=O) groups excluding carboxylic acids is 1. The molecule has 3 aromatic carbocycles. The van der Waals surface area contributed by atoms with Crippen molar-refractivity contribution in [2.45, 2.75) is 0 Å². The zero-order chi connectivity index (χ0) is 16.9. The van der Waals surface area contributed by atoms with Gasteiger partial charge in [0.2, 0.25) is 0 Å². The van der Waals surface area contributed by atoms with Crippen LogP contribution in [-0.2, 0) is 4.79 Å². The number of nitrogens with zero attached hydrogens (tertiary/aromatic N) is 1. The van der Waals surface area contributed by atoms with Crippen LogP contribution in [0.15, 0.2) is 72.3 Å². The summed E-state index contributed by atoms with van der Waals surface area (Å²) >= 11 is 0. The molecule has 24 heavy (non-hydrogen) atoms. The second-order valence-corrected chi connectivity index (χ2v) is 5.28. The van der Waals surface area contributed by atoms with Crippen molar-refractivity contribution < 1.29 is 9.90 Å². The largest absolute Gasteiger partial charge is 0.508 e. The first-order valence-electron chi connectivity index (χ1n) is 7.37. The Balaban J connectivity index is 1.83. The molecule has 0 atom stereocenters. The van der Waals surface area contributed by atoms with Crippen LogP contribution in [0.4, 0.5) is 5.69 Å². The molecule has 4 heteroatoms. The second-order valence-electron chi connectivity index (χ2n) is 5.28. The first-order valence-corrected chi connectivity index (χ1v) is 7.37. The molecule has 0 aliphatic carbocycles. The Hall–Kier alpha value is -3.58. The van der Waals surface area contributed by atoms with Gasteiger partial charge >= 0.3 is 0 Å². The lowest BCUT2D eigenvalue weighted by Crippen LogP contribution is -2.13. The third-order valence-corrected chi connectivity index (χ3v) is 3.58. The summed E-state index contributed by atoms with van der Waals surface area (Å²) in [6.45, 7) is 0. The summed E-state index contributed by atoms with van der Waals surface area (Å²) in [6, 6.07) is 21.6. The number of hydrogen-bond acceptors (Lipinski definition) is 3. The zero-order valence-electron chi connectivity index (χ0n) is 12.7. The number of hydrogen-bond donors (Lipinski definition) is 2. The molecule has 0 unspecified atom stereocenters. The lowest BCUT2D eigenvalue weighted by molar-refractivity contribution is -0.112. The highest BCUT2D eigenvalue weighted by Crippen LogP contribution is 2.20. The first kappa shape index (κ1) is 15.3. The Labute approximate surface area is 139 Å². The fourth-order valence-electron chi connectivity index (χ4n) is 2.35. The van der Waals surface area contributed by atoms with Crippen molar-refractivity contribution >= 4 is 28.4 Å². The molecule has 0 aromatic heterocycles. The molecule has 0 heterocycles. The van der Waals surface area contributed by atoms with E-state index >= 15 is 0 Å². The minimum Gasteiger partial charge on any atom is -0.508 e. The highest BCUT2D eigenvalue weighted by molar-refractivity contribution is 6.10. The van der Waals surface area contributed by atoms with Crippen molar-refractivity contribution in [3.63, 3.8) is 0 Å². The standard InChI is InChI=1S/C20H14N2O2/c21-13-17(11-14-5-9-19(23)10-6-14)20(24)22-18-8-7-15-3-1-2-4-16(15)12-18/h1-12,23H,(H,22,24)/b17-11+. The normalized spacial score (nSPS) is 11.0. The molecule has 0 aliphatic heterocycles. The van der Waals surface area contributed by atoms with Crippen molar-refractivity contribution in [2.24, 2.45) is 0 Å². The monoisotopic (exact) mass is 314 g/mol.